The SMILES string of the molecule is CCNC(=NCc1ccc(O)cc1)NCC(c1cccc(OC)c1)N1CCCC1.I. The van der Waals surface area contributed by atoms with Gasteiger partial charge in [-0.1, -0.05) is 24.3 Å². The summed E-state index contributed by atoms with van der Waals surface area (Å²) in [4.78, 5) is 7.24. The Morgan fingerprint density at radius 2 is 1.87 bits per heavy atom. The van der Waals surface area contributed by atoms with E-state index in [4.69, 9.17) is 9.73 Å². The summed E-state index contributed by atoms with van der Waals surface area (Å²) in [6, 6.07) is 15.8. The summed E-state index contributed by atoms with van der Waals surface area (Å²) in [7, 11) is 1.71. The van der Waals surface area contributed by atoms with Crippen LogP contribution in [0.25, 0.3) is 0 Å². The standard InChI is InChI=1S/C23H32N4O2.HI/c1-3-24-23(25-16-18-9-11-20(28)12-10-18)26-17-22(27-13-4-5-14-27)19-7-6-8-21(15-19)29-2;/h6-12,15,22,28H,3-5,13-14,16-17H2,1-2H3,(H2,24,25,26);1H. The minimum Gasteiger partial charge on any atom is -0.508 e. The highest BCUT2D eigenvalue weighted by molar-refractivity contribution is 14.0. The van der Waals surface area contributed by atoms with E-state index in [-0.39, 0.29) is 35.8 Å². The number of guanidine groups is 1. The zero-order chi connectivity index (χ0) is 20.5. The number of aromatic hydroxyl groups is 1. The van der Waals surface area contributed by atoms with Crippen molar-refractivity contribution in [3.8, 4) is 11.5 Å². The number of nitrogens with zero attached hydrogens (tertiary/aromatic N) is 2. The van der Waals surface area contributed by atoms with Crippen LogP contribution in [0.1, 0.15) is 36.9 Å². The molecule has 0 radical (unpaired) electrons. The van der Waals surface area contributed by atoms with E-state index in [9.17, 15) is 5.11 Å². The summed E-state index contributed by atoms with van der Waals surface area (Å²) in [6.07, 6.45) is 2.49. The van der Waals surface area contributed by atoms with Crippen LogP contribution in [-0.4, -0.2) is 49.3 Å². The average Bonchev–Trinajstić information content (AvgIpc) is 3.28. The van der Waals surface area contributed by atoms with E-state index >= 15 is 0 Å². The number of halogens is 1. The van der Waals surface area contributed by atoms with Gasteiger partial charge in [0, 0.05) is 13.1 Å². The monoisotopic (exact) mass is 524 g/mol. The number of rotatable bonds is 8. The largest absolute Gasteiger partial charge is 0.508 e. The minimum atomic E-state index is 0. The number of ether oxygens (including phenoxy) is 1. The van der Waals surface area contributed by atoms with Crippen LogP contribution in [0.4, 0.5) is 0 Å². The van der Waals surface area contributed by atoms with Gasteiger partial charge in [0.25, 0.3) is 0 Å². The van der Waals surface area contributed by atoms with E-state index in [0.29, 0.717) is 6.54 Å². The number of aliphatic imine (C=N–C) groups is 1. The molecule has 0 amide bonds. The number of phenols is 1. The van der Waals surface area contributed by atoms with E-state index < -0.39 is 0 Å². The first-order chi connectivity index (χ1) is 14.2. The van der Waals surface area contributed by atoms with Gasteiger partial charge in [0.15, 0.2) is 5.96 Å². The van der Waals surface area contributed by atoms with Gasteiger partial charge in [0.05, 0.1) is 19.7 Å². The van der Waals surface area contributed by atoms with Gasteiger partial charge in [-0.2, -0.15) is 0 Å². The third-order valence-corrected chi connectivity index (χ3v) is 5.22. The lowest BCUT2D eigenvalue weighted by Crippen LogP contribution is -2.42. The van der Waals surface area contributed by atoms with Crippen LogP contribution in [0.2, 0.25) is 0 Å². The van der Waals surface area contributed by atoms with Crippen LogP contribution >= 0.6 is 24.0 Å². The zero-order valence-corrected chi connectivity index (χ0v) is 20.1. The maximum atomic E-state index is 9.44. The topological polar surface area (TPSA) is 69.1 Å². The van der Waals surface area contributed by atoms with E-state index in [1.54, 1.807) is 19.2 Å². The van der Waals surface area contributed by atoms with Crippen LogP contribution in [0.5, 0.6) is 11.5 Å². The minimum absolute atomic E-state index is 0. The fourth-order valence-electron chi connectivity index (χ4n) is 3.67. The number of hydrogen-bond donors (Lipinski definition) is 3. The highest BCUT2D eigenvalue weighted by Gasteiger charge is 2.24. The van der Waals surface area contributed by atoms with Crippen molar-refractivity contribution in [2.75, 3.05) is 33.3 Å². The Balaban J connectivity index is 0.00000320. The quantitative estimate of drug-likeness (QED) is 0.278. The van der Waals surface area contributed by atoms with Gasteiger partial charge in [-0.05, 0) is 68.2 Å². The normalized spacial score (nSPS) is 15.3. The molecule has 0 aliphatic carbocycles. The lowest BCUT2D eigenvalue weighted by Gasteiger charge is -2.29. The highest BCUT2D eigenvalue weighted by atomic mass is 127. The Morgan fingerprint density at radius 3 is 2.53 bits per heavy atom. The fourth-order valence-corrected chi connectivity index (χ4v) is 3.67. The molecule has 1 aliphatic heterocycles. The molecule has 2 aromatic carbocycles. The van der Waals surface area contributed by atoms with Crippen LogP contribution in [-0.2, 0) is 6.54 Å². The van der Waals surface area contributed by atoms with E-state index in [1.807, 2.05) is 18.2 Å². The molecule has 3 rings (SSSR count). The molecule has 1 aliphatic rings. The number of hydrogen-bond acceptors (Lipinski definition) is 4. The van der Waals surface area contributed by atoms with Crippen molar-refractivity contribution < 1.29 is 9.84 Å². The third-order valence-electron chi connectivity index (χ3n) is 5.22. The predicted octanol–water partition coefficient (Wildman–Crippen LogP) is 3.91. The molecule has 0 spiro atoms. The summed E-state index contributed by atoms with van der Waals surface area (Å²) in [6.45, 7) is 6.43. The first-order valence-electron chi connectivity index (χ1n) is 10.4. The van der Waals surface area contributed by atoms with Crippen molar-refractivity contribution >= 4 is 29.9 Å². The number of nitrogens with one attached hydrogen (secondary N) is 2. The van der Waals surface area contributed by atoms with Crippen molar-refractivity contribution in [2.24, 2.45) is 4.99 Å². The zero-order valence-electron chi connectivity index (χ0n) is 17.8. The molecule has 30 heavy (non-hydrogen) atoms. The Bertz CT molecular complexity index is 792. The third kappa shape index (κ3) is 7.05. The van der Waals surface area contributed by atoms with Crippen molar-refractivity contribution in [3.05, 3.63) is 59.7 Å². The summed E-state index contributed by atoms with van der Waals surface area (Å²) in [5.74, 6) is 1.96. The molecule has 0 saturated carbocycles. The van der Waals surface area contributed by atoms with Gasteiger partial charge in [0.1, 0.15) is 11.5 Å². The molecule has 1 saturated heterocycles. The molecular formula is C23H33IN4O2. The molecule has 1 unspecified atom stereocenters. The van der Waals surface area contributed by atoms with Crippen LogP contribution in [0, 0.1) is 0 Å². The molecular weight excluding hydrogens is 491 g/mol. The van der Waals surface area contributed by atoms with Gasteiger partial charge < -0.3 is 20.5 Å². The lowest BCUT2D eigenvalue weighted by atomic mass is 10.1. The molecule has 7 heteroatoms. The van der Waals surface area contributed by atoms with Crippen LogP contribution in [0.15, 0.2) is 53.5 Å². The predicted molar refractivity (Wildman–Crippen MR) is 133 cm³/mol. The first-order valence-corrected chi connectivity index (χ1v) is 10.4. The summed E-state index contributed by atoms with van der Waals surface area (Å²) in [5.41, 5.74) is 2.32. The number of benzene rings is 2. The Kier molecular flexibility index (Phi) is 10.2. The molecule has 164 valence electrons. The van der Waals surface area contributed by atoms with E-state index in [2.05, 4.69) is 40.7 Å². The highest BCUT2D eigenvalue weighted by Crippen LogP contribution is 2.27. The number of likely N-dealkylation sites (tertiary alicyclic amines) is 1. The second-order valence-electron chi connectivity index (χ2n) is 7.28. The molecule has 3 N–H and O–H groups in total. The van der Waals surface area contributed by atoms with Crippen LogP contribution < -0.4 is 15.4 Å². The Labute approximate surface area is 196 Å². The molecule has 1 fully saturated rings. The molecule has 1 heterocycles. The maximum absolute atomic E-state index is 9.44. The van der Waals surface area contributed by atoms with Crippen molar-refractivity contribution in [1.29, 1.82) is 0 Å². The van der Waals surface area contributed by atoms with Crippen LogP contribution in [0.3, 0.4) is 0 Å². The molecule has 6 nitrogen and oxygen atoms in total. The van der Waals surface area contributed by atoms with E-state index in [1.165, 1.54) is 18.4 Å². The van der Waals surface area contributed by atoms with Gasteiger partial charge in [0.2, 0.25) is 0 Å². The van der Waals surface area contributed by atoms with Gasteiger partial charge in [-0.15, -0.1) is 24.0 Å². The fraction of sp³-hybridized carbons (Fsp3) is 0.435. The Morgan fingerprint density at radius 1 is 1.13 bits per heavy atom. The summed E-state index contributed by atoms with van der Waals surface area (Å²) < 4.78 is 5.43. The lowest BCUT2D eigenvalue weighted by molar-refractivity contribution is 0.245. The van der Waals surface area contributed by atoms with Gasteiger partial charge in [-0.3, -0.25) is 4.90 Å². The van der Waals surface area contributed by atoms with Gasteiger partial charge in [-0.25, -0.2) is 4.99 Å². The molecule has 1 atom stereocenters. The number of phenolic OH excluding ortho intramolecular Hbond substituents is 1. The average molecular weight is 524 g/mol. The first kappa shape index (κ1) is 24.3. The summed E-state index contributed by atoms with van der Waals surface area (Å²) in [5, 5.41) is 16.3. The molecule has 2 aromatic rings. The van der Waals surface area contributed by atoms with E-state index in [0.717, 1.165) is 43.5 Å². The summed E-state index contributed by atoms with van der Waals surface area (Å²) >= 11 is 0. The smallest absolute Gasteiger partial charge is 0.191 e. The number of methoxy groups -OCH3 is 1. The van der Waals surface area contributed by atoms with Crippen molar-refractivity contribution in [3.63, 3.8) is 0 Å². The van der Waals surface area contributed by atoms with Gasteiger partial charge >= 0.3 is 0 Å². The van der Waals surface area contributed by atoms with Crippen molar-refractivity contribution in [2.45, 2.75) is 32.4 Å². The Hall–Kier alpha value is -2.00. The molecule has 0 bridgehead atoms. The maximum Gasteiger partial charge on any atom is 0.191 e. The molecule has 0 aromatic heterocycles. The van der Waals surface area contributed by atoms with Crippen molar-refractivity contribution in [1.82, 2.24) is 15.5 Å². The second-order valence-corrected chi connectivity index (χ2v) is 7.28. The second kappa shape index (κ2) is 12.6.